The number of aromatic amines is 1. The Hall–Kier alpha value is -2.82. The second-order valence-electron chi connectivity index (χ2n) is 8.49. The van der Waals surface area contributed by atoms with Crippen LogP contribution in [0.3, 0.4) is 0 Å². The number of aromatic nitrogens is 2. The van der Waals surface area contributed by atoms with Crippen molar-refractivity contribution < 1.29 is 4.79 Å². The topological polar surface area (TPSA) is 66.9 Å². The molecule has 1 amide bonds. The van der Waals surface area contributed by atoms with E-state index in [1.54, 1.807) is 0 Å². The van der Waals surface area contributed by atoms with E-state index in [4.69, 9.17) is 0 Å². The number of nitrogens with zero attached hydrogens (tertiary/aromatic N) is 1. The summed E-state index contributed by atoms with van der Waals surface area (Å²) in [5.74, 6) is -0.134. The first-order chi connectivity index (χ1) is 13.8. The number of benzene rings is 1. The zero-order valence-electron chi connectivity index (χ0n) is 17.7. The van der Waals surface area contributed by atoms with Gasteiger partial charge in [0.25, 0.3) is 11.5 Å². The van der Waals surface area contributed by atoms with Crippen LogP contribution in [0.25, 0.3) is 10.9 Å². The molecule has 1 aliphatic carbocycles. The van der Waals surface area contributed by atoms with Gasteiger partial charge >= 0.3 is 0 Å². The van der Waals surface area contributed by atoms with Gasteiger partial charge in [0.15, 0.2) is 0 Å². The second kappa shape index (κ2) is 7.54. The zero-order valence-corrected chi connectivity index (χ0v) is 17.7. The normalized spacial score (nSPS) is 14.6. The van der Waals surface area contributed by atoms with Crippen molar-refractivity contribution in [2.24, 2.45) is 0 Å². The Morgan fingerprint density at radius 3 is 2.52 bits per heavy atom. The average molecular weight is 392 g/mol. The van der Waals surface area contributed by atoms with E-state index in [-0.39, 0.29) is 18.0 Å². The highest BCUT2D eigenvalue weighted by atomic mass is 16.1. The van der Waals surface area contributed by atoms with Gasteiger partial charge in [0, 0.05) is 46.5 Å². The van der Waals surface area contributed by atoms with Crippen LogP contribution in [0.4, 0.5) is 0 Å². The number of carbonyl (C=O) groups is 1. The van der Waals surface area contributed by atoms with Crippen molar-refractivity contribution in [3.8, 4) is 0 Å². The molecule has 5 nitrogen and oxygen atoms in total. The number of fused-ring (bicyclic) bond motifs is 1. The van der Waals surface area contributed by atoms with E-state index in [1.807, 2.05) is 32.9 Å². The predicted molar refractivity (Wildman–Crippen MR) is 117 cm³/mol. The first-order valence-corrected chi connectivity index (χ1v) is 10.4. The first kappa shape index (κ1) is 19.5. The highest BCUT2D eigenvalue weighted by Gasteiger charge is 2.22. The van der Waals surface area contributed by atoms with Gasteiger partial charge < -0.3 is 14.9 Å². The number of H-pyrrole nitrogens is 1. The standard InChI is InChI=1S/C24H29N3O2/c1-14-9-19(23(28)25-12-20-15(2)11-17(4)26-24(20)29)22-16(3)13-27(21(22)10-14)18-7-5-6-8-18/h9-11,13,18H,5-8,12H2,1-4H3,(H,25,28)(H,26,29). The summed E-state index contributed by atoms with van der Waals surface area (Å²) in [7, 11) is 0. The fraction of sp³-hybridized carbons (Fsp3) is 0.417. The summed E-state index contributed by atoms with van der Waals surface area (Å²) in [6.45, 7) is 8.09. The van der Waals surface area contributed by atoms with Crippen LogP contribution in [0.1, 0.15) is 70.0 Å². The SMILES string of the molecule is Cc1cc(C(=O)NCc2c(C)cc(C)[nH]c2=O)c2c(C)cn(C3CCCC3)c2c1. The number of nitrogens with one attached hydrogen (secondary N) is 2. The smallest absolute Gasteiger partial charge is 0.253 e. The molecule has 0 unspecified atom stereocenters. The van der Waals surface area contributed by atoms with Crippen LogP contribution in [0.2, 0.25) is 0 Å². The highest BCUT2D eigenvalue weighted by molar-refractivity contribution is 6.08. The van der Waals surface area contributed by atoms with Crippen molar-refractivity contribution in [2.45, 2.75) is 66.0 Å². The molecule has 0 radical (unpaired) electrons. The highest BCUT2D eigenvalue weighted by Crippen LogP contribution is 2.35. The van der Waals surface area contributed by atoms with Crippen molar-refractivity contribution in [1.82, 2.24) is 14.9 Å². The molecule has 2 heterocycles. The number of carbonyl (C=O) groups excluding carboxylic acids is 1. The lowest BCUT2D eigenvalue weighted by molar-refractivity contribution is 0.0952. The van der Waals surface area contributed by atoms with E-state index in [9.17, 15) is 9.59 Å². The number of pyridine rings is 1. The van der Waals surface area contributed by atoms with E-state index in [1.165, 1.54) is 25.7 Å². The average Bonchev–Trinajstić information content (AvgIpc) is 3.28. The van der Waals surface area contributed by atoms with Gasteiger partial charge in [0.1, 0.15) is 0 Å². The van der Waals surface area contributed by atoms with Crippen molar-refractivity contribution in [1.29, 1.82) is 0 Å². The molecule has 5 heteroatoms. The monoisotopic (exact) mass is 391 g/mol. The molecule has 2 N–H and O–H groups in total. The number of amides is 1. The summed E-state index contributed by atoms with van der Waals surface area (Å²) in [6, 6.07) is 6.60. The second-order valence-corrected chi connectivity index (χ2v) is 8.49. The maximum Gasteiger partial charge on any atom is 0.253 e. The third-order valence-corrected chi connectivity index (χ3v) is 6.15. The summed E-state index contributed by atoms with van der Waals surface area (Å²) in [5.41, 5.74) is 6.22. The maximum absolute atomic E-state index is 13.1. The predicted octanol–water partition coefficient (Wildman–Crippen LogP) is 4.61. The molecule has 0 spiro atoms. The number of aryl methyl sites for hydroxylation is 4. The van der Waals surface area contributed by atoms with E-state index < -0.39 is 0 Å². The molecule has 1 aromatic carbocycles. The fourth-order valence-corrected chi connectivity index (χ4v) is 4.76. The first-order valence-electron chi connectivity index (χ1n) is 10.4. The van der Waals surface area contributed by atoms with Gasteiger partial charge in [0.05, 0.1) is 0 Å². The molecule has 2 aromatic heterocycles. The Kier molecular flexibility index (Phi) is 5.07. The van der Waals surface area contributed by atoms with Gasteiger partial charge in [-0.15, -0.1) is 0 Å². The van der Waals surface area contributed by atoms with Crippen LogP contribution in [0.5, 0.6) is 0 Å². The molecule has 0 saturated heterocycles. The number of rotatable bonds is 4. The largest absolute Gasteiger partial charge is 0.348 e. The summed E-state index contributed by atoms with van der Waals surface area (Å²) in [5, 5.41) is 4.00. The molecule has 1 aliphatic rings. The molecule has 0 bridgehead atoms. The lowest BCUT2D eigenvalue weighted by atomic mass is 10.0. The Balaban J connectivity index is 1.68. The van der Waals surface area contributed by atoms with Crippen LogP contribution < -0.4 is 10.9 Å². The maximum atomic E-state index is 13.1. The Labute approximate surface area is 171 Å². The van der Waals surface area contributed by atoms with Gasteiger partial charge in [0.2, 0.25) is 0 Å². The van der Waals surface area contributed by atoms with Crippen LogP contribution in [0.15, 0.2) is 29.2 Å². The summed E-state index contributed by atoms with van der Waals surface area (Å²) in [6.07, 6.45) is 7.15. The van der Waals surface area contributed by atoms with Crippen LogP contribution in [0, 0.1) is 27.7 Å². The molecule has 0 atom stereocenters. The molecule has 4 rings (SSSR count). The molecule has 152 valence electrons. The fourth-order valence-electron chi connectivity index (χ4n) is 4.76. The van der Waals surface area contributed by atoms with Gasteiger partial charge in [-0.25, -0.2) is 0 Å². The molecular weight excluding hydrogens is 362 g/mol. The molecule has 29 heavy (non-hydrogen) atoms. The molecule has 3 aromatic rings. The van der Waals surface area contributed by atoms with Gasteiger partial charge in [-0.3, -0.25) is 9.59 Å². The summed E-state index contributed by atoms with van der Waals surface area (Å²) < 4.78 is 2.37. The summed E-state index contributed by atoms with van der Waals surface area (Å²) >= 11 is 0. The minimum absolute atomic E-state index is 0.134. The van der Waals surface area contributed by atoms with Crippen molar-refractivity contribution >= 4 is 16.8 Å². The zero-order chi connectivity index (χ0) is 20.7. The van der Waals surface area contributed by atoms with Gasteiger partial charge in [-0.2, -0.15) is 0 Å². The third kappa shape index (κ3) is 3.61. The lowest BCUT2D eigenvalue weighted by Gasteiger charge is -2.15. The van der Waals surface area contributed by atoms with Crippen LogP contribution in [-0.4, -0.2) is 15.5 Å². The summed E-state index contributed by atoms with van der Waals surface area (Å²) in [4.78, 5) is 28.2. The van der Waals surface area contributed by atoms with Crippen molar-refractivity contribution in [3.05, 3.63) is 68.3 Å². The van der Waals surface area contributed by atoms with Crippen LogP contribution >= 0.6 is 0 Å². The molecule has 0 aliphatic heterocycles. The molecular formula is C24H29N3O2. The van der Waals surface area contributed by atoms with E-state index >= 15 is 0 Å². The minimum atomic E-state index is -0.138. The third-order valence-electron chi connectivity index (χ3n) is 6.15. The Morgan fingerprint density at radius 1 is 1.10 bits per heavy atom. The van der Waals surface area contributed by atoms with E-state index in [0.29, 0.717) is 17.2 Å². The van der Waals surface area contributed by atoms with E-state index in [0.717, 1.165) is 33.3 Å². The van der Waals surface area contributed by atoms with E-state index in [2.05, 4.69) is 34.1 Å². The van der Waals surface area contributed by atoms with Crippen molar-refractivity contribution in [3.63, 3.8) is 0 Å². The lowest BCUT2D eigenvalue weighted by Crippen LogP contribution is -2.28. The van der Waals surface area contributed by atoms with Gasteiger partial charge in [-0.1, -0.05) is 12.8 Å². The quantitative estimate of drug-likeness (QED) is 0.682. The van der Waals surface area contributed by atoms with Crippen molar-refractivity contribution in [2.75, 3.05) is 0 Å². The number of hydrogen-bond acceptors (Lipinski definition) is 2. The minimum Gasteiger partial charge on any atom is -0.348 e. The molecule has 1 fully saturated rings. The van der Waals surface area contributed by atoms with Gasteiger partial charge in [-0.05, 0) is 75.4 Å². The Morgan fingerprint density at radius 2 is 1.83 bits per heavy atom. The Bertz CT molecular complexity index is 1150. The van der Waals surface area contributed by atoms with Crippen LogP contribution in [-0.2, 0) is 6.54 Å². The number of hydrogen-bond donors (Lipinski definition) is 2. The molecule has 1 saturated carbocycles.